The highest BCUT2D eigenvalue weighted by Crippen LogP contribution is 2.25. The van der Waals surface area contributed by atoms with Crippen molar-refractivity contribution in [3.63, 3.8) is 0 Å². The third kappa shape index (κ3) is 3.57. The molecule has 1 atom stereocenters. The second-order valence-corrected chi connectivity index (χ2v) is 6.48. The summed E-state index contributed by atoms with van der Waals surface area (Å²) in [6.45, 7) is 7.52. The predicted octanol–water partition coefficient (Wildman–Crippen LogP) is 3.25. The van der Waals surface area contributed by atoms with Gasteiger partial charge < -0.3 is 10.2 Å². The van der Waals surface area contributed by atoms with Gasteiger partial charge in [-0.1, -0.05) is 13.8 Å². The lowest BCUT2D eigenvalue weighted by Gasteiger charge is -2.36. The zero-order valence-corrected chi connectivity index (χ0v) is 13.1. The van der Waals surface area contributed by atoms with Crippen molar-refractivity contribution in [3.05, 3.63) is 27.6 Å². The molecule has 1 fully saturated rings. The molecule has 1 aromatic carbocycles. The van der Waals surface area contributed by atoms with Crippen molar-refractivity contribution in [2.75, 3.05) is 24.5 Å². The molecule has 0 spiro atoms. The lowest BCUT2D eigenvalue weighted by atomic mass is 10.0. The molecule has 1 heterocycles. The summed E-state index contributed by atoms with van der Waals surface area (Å²) in [6, 6.07) is 5.60. The van der Waals surface area contributed by atoms with Crippen LogP contribution in [0.5, 0.6) is 0 Å². The van der Waals surface area contributed by atoms with E-state index >= 15 is 0 Å². The van der Waals surface area contributed by atoms with Crippen molar-refractivity contribution in [2.45, 2.75) is 26.3 Å². The molecule has 4 heteroatoms. The normalized spacial score (nSPS) is 20.5. The van der Waals surface area contributed by atoms with E-state index in [1.165, 1.54) is 6.42 Å². The van der Waals surface area contributed by atoms with Gasteiger partial charge in [0.2, 0.25) is 0 Å². The maximum atomic E-state index is 13.1. The minimum Gasteiger partial charge on any atom is -0.368 e. The van der Waals surface area contributed by atoms with Gasteiger partial charge in [-0.25, -0.2) is 4.39 Å². The monoisotopic (exact) mass is 362 g/mol. The van der Waals surface area contributed by atoms with E-state index in [-0.39, 0.29) is 5.82 Å². The Hall–Kier alpha value is -0.360. The first-order valence-electron chi connectivity index (χ1n) is 6.49. The van der Waals surface area contributed by atoms with Crippen LogP contribution in [0.4, 0.5) is 10.1 Å². The summed E-state index contributed by atoms with van der Waals surface area (Å²) in [7, 11) is 0. The Morgan fingerprint density at radius 3 is 2.94 bits per heavy atom. The molecule has 0 aliphatic carbocycles. The van der Waals surface area contributed by atoms with Crippen molar-refractivity contribution in [3.8, 4) is 0 Å². The first kappa shape index (κ1) is 14.1. The maximum absolute atomic E-state index is 13.1. The lowest BCUT2D eigenvalue weighted by molar-refractivity contribution is 0.388. The van der Waals surface area contributed by atoms with Gasteiger partial charge in [-0.3, -0.25) is 0 Å². The van der Waals surface area contributed by atoms with Crippen LogP contribution >= 0.6 is 22.6 Å². The standard InChI is InChI=1S/C14H20FIN2/c1-10(2)7-12-9-18(6-5-17-12)14-4-3-11(15)8-13(14)16/h3-4,8,10,12,17H,5-7,9H2,1-2H3. The summed E-state index contributed by atoms with van der Waals surface area (Å²) in [5.74, 6) is 0.548. The summed E-state index contributed by atoms with van der Waals surface area (Å²) in [4.78, 5) is 2.37. The number of anilines is 1. The first-order valence-corrected chi connectivity index (χ1v) is 7.57. The number of halogens is 2. The predicted molar refractivity (Wildman–Crippen MR) is 82.6 cm³/mol. The Balaban J connectivity index is 2.08. The van der Waals surface area contributed by atoms with Gasteiger partial charge >= 0.3 is 0 Å². The highest BCUT2D eigenvalue weighted by Gasteiger charge is 2.21. The summed E-state index contributed by atoms with van der Waals surface area (Å²) in [6.07, 6.45) is 1.19. The number of nitrogens with one attached hydrogen (secondary N) is 1. The van der Waals surface area contributed by atoms with Crippen LogP contribution in [0, 0.1) is 15.3 Å². The summed E-state index contributed by atoms with van der Waals surface area (Å²) in [5, 5.41) is 3.56. The van der Waals surface area contributed by atoms with E-state index < -0.39 is 0 Å². The average molecular weight is 362 g/mol. The van der Waals surface area contributed by atoms with E-state index in [0.29, 0.717) is 12.0 Å². The van der Waals surface area contributed by atoms with E-state index in [0.717, 1.165) is 28.9 Å². The summed E-state index contributed by atoms with van der Waals surface area (Å²) < 4.78 is 14.1. The fourth-order valence-electron chi connectivity index (χ4n) is 2.51. The van der Waals surface area contributed by atoms with Gasteiger partial charge in [0.15, 0.2) is 0 Å². The molecule has 100 valence electrons. The SMILES string of the molecule is CC(C)CC1CN(c2ccc(F)cc2I)CCN1. The minimum atomic E-state index is -0.156. The summed E-state index contributed by atoms with van der Waals surface area (Å²) >= 11 is 2.22. The number of hydrogen-bond acceptors (Lipinski definition) is 2. The van der Waals surface area contributed by atoms with E-state index in [1.54, 1.807) is 12.1 Å². The third-order valence-electron chi connectivity index (χ3n) is 3.26. The number of piperazine rings is 1. The molecule has 0 amide bonds. The molecule has 2 nitrogen and oxygen atoms in total. The molecule has 1 N–H and O–H groups in total. The lowest BCUT2D eigenvalue weighted by Crippen LogP contribution is -2.51. The van der Waals surface area contributed by atoms with Crippen LogP contribution in [0.3, 0.4) is 0 Å². The first-order chi connectivity index (χ1) is 8.56. The van der Waals surface area contributed by atoms with Crippen LogP contribution in [0.2, 0.25) is 0 Å². The van der Waals surface area contributed by atoms with Gasteiger partial charge in [-0.2, -0.15) is 0 Å². The summed E-state index contributed by atoms with van der Waals surface area (Å²) in [5.41, 5.74) is 1.16. The van der Waals surface area contributed by atoms with Crippen molar-refractivity contribution >= 4 is 28.3 Å². The van der Waals surface area contributed by atoms with Gasteiger partial charge in [0.1, 0.15) is 5.82 Å². The second kappa shape index (κ2) is 6.19. The Kier molecular flexibility index (Phi) is 4.84. The van der Waals surface area contributed by atoms with Crippen LogP contribution in [-0.4, -0.2) is 25.7 Å². The van der Waals surface area contributed by atoms with Gasteiger partial charge in [-0.05, 0) is 53.1 Å². The Morgan fingerprint density at radius 2 is 2.28 bits per heavy atom. The fourth-order valence-corrected chi connectivity index (χ4v) is 3.33. The van der Waals surface area contributed by atoms with Crippen molar-refractivity contribution < 1.29 is 4.39 Å². The highest BCUT2D eigenvalue weighted by atomic mass is 127. The van der Waals surface area contributed by atoms with Crippen molar-refractivity contribution in [1.29, 1.82) is 0 Å². The maximum Gasteiger partial charge on any atom is 0.124 e. The molecular weight excluding hydrogens is 342 g/mol. The van der Waals surface area contributed by atoms with Crippen LogP contribution in [0.1, 0.15) is 20.3 Å². The number of hydrogen-bond donors (Lipinski definition) is 1. The van der Waals surface area contributed by atoms with E-state index in [9.17, 15) is 4.39 Å². The number of rotatable bonds is 3. The fraction of sp³-hybridized carbons (Fsp3) is 0.571. The van der Waals surface area contributed by atoms with Crippen LogP contribution in [0.25, 0.3) is 0 Å². The van der Waals surface area contributed by atoms with E-state index in [1.807, 2.05) is 6.07 Å². The van der Waals surface area contributed by atoms with Crippen LogP contribution in [0.15, 0.2) is 18.2 Å². The largest absolute Gasteiger partial charge is 0.368 e. The van der Waals surface area contributed by atoms with E-state index in [2.05, 4.69) is 46.7 Å². The third-order valence-corrected chi connectivity index (χ3v) is 4.13. The highest BCUT2D eigenvalue weighted by molar-refractivity contribution is 14.1. The molecule has 1 aromatic rings. The smallest absolute Gasteiger partial charge is 0.124 e. The van der Waals surface area contributed by atoms with Gasteiger partial charge in [0.05, 0.1) is 5.69 Å². The average Bonchev–Trinajstić information content (AvgIpc) is 2.28. The van der Waals surface area contributed by atoms with Crippen LogP contribution in [-0.2, 0) is 0 Å². The molecule has 0 radical (unpaired) electrons. The van der Waals surface area contributed by atoms with Gasteiger partial charge in [0, 0.05) is 29.2 Å². The molecule has 2 rings (SSSR count). The topological polar surface area (TPSA) is 15.3 Å². The Labute approximate surface area is 122 Å². The van der Waals surface area contributed by atoms with Crippen molar-refractivity contribution in [1.82, 2.24) is 5.32 Å². The molecule has 18 heavy (non-hydrogen) atoms. The molecule has 1 aliphatic heterocycles. The molecular formula is C14H20FIN2. The zero-order chi connectivity index (χ0) is 13.1. The van der Waals surface area contributed by atoms with E-state index in [4.69, 9.17) is 0 Å². The molecule has 1 saturated heterocycles. The Bertz CT molecular complexity index is 409. The molecule has 0 bridgehead atoms. The van der Waals surface area contributed by atoms with Crippen molar-refractivity contribution in [2.24, 2.45) is 5.92 Å². The molecule has 1 unspecified atom stereocenters. The second-order valence-electron chi connectivity index (χ2n) is 5.32. The number of nitrogens with zero attached hydrogens (tertiary/aromatic N) is 1. The minimum absolute atomic E-state index is 0.156. The molecule has 1 aliphatic rings. The quantitative estimate of drug-likeness (QED) is 0.831. The molecule has 0 saturated carbocycles. The molecule has 0 aromatic heterocycles. The van der Waals surface area contributed by atoms with Gasteiger partial charge in [-0.15, -0.1) is 0 Å². The Morgan fingerprint density at radius 1 is 1.50 bits per heavy atom. The van der Waals surface area contributed by atoms with Gasteiger partial charge in [0.25, 0.3) is 0 Å². The zero-order valence-electron chi connectivity index (χ0n) is 10.9. The number of benzene rings is 1. The van der Waals surface area contributed by atoms with Crippen LogP contribution < -0.4 is 10.2 Å².